The first-order valence-corrected chi connectivity index (χ1v) is 6.87. The summed E-state index contributed by atoms with van der Waals surface area (Å²) in [5.41, 5.74) is -1.23. The van der Waals surface area contributed by atoms with Crippen LogP contribution in [-0.4, -0.2) is 35.9 Å². The Labute approximate surface area is 117 Å². The van der Waals surface area contributed by atoms with E-state index in [9.17, 15) is 19.2 Å². The highest BCUT2D eigenvalue weighted by Gasteiger charge is 2.27. The van der Waals surface area contributed by atoms with Crippen LogP contribution in [0.5, 0.6) is 0 Å². The Morgan fingerprint density at radius 3 is 2.70 bits per heavy atom. The van der Waals surface area contributed by atoms with Crippen LogP contribution in [0, 0.1) is 0 Å². The number of carboxylic acids is 1. The summed E-state index contributed by atoms with van der Waals surface area (Å²) < 4.78 is 2.99. The van der Waals surface area contributed by atoms with Gasteiger partial charge in [-0.1, -0.05) is 23.9 Å². The van der Waals surface area contributed by atoms with Crippen molar-refractivity contribution in [2.75, 3.05) is 5.75 Å². The van der Waals surface area contributed by atoms with Crippen molar-refractivity contribution in [3.63, 3.8) is 0 Å². The molecular weight excluding hydrogens is 286 g/mol. The van der Waals surface area contributed by atoms with E-state index in [0.717, 1.165) is 25.7 Å². The van der Waals surface area contributed by atoms with Gasteiger partial charge in [0.2, 0.25) is 0 Å². The van der Waals surface area contributed by atoms with E-state index in [1.807, 2.05) is 0 Å². The van der Waals surface area contributed by atoms with Gasteiger partial charge < -0.3 is 5.11 Å². The highest BCUT2D eigenvalue weighted by molar-refractivity contribution is 8.13. The van der Waals surface area contributed by atoms with Gasteiger partial charge in [0.25, 0.3) is 0 Å². The Kier molecular flexibility index (Phi) is 3.98. The maximum atomic E-state index is 12.1. The Bertz CT molecular complexity index is 696. The molecule has 0 aromatic carbocycles. The first-order chi connectivity index (χ1) is 9.43. The molecule has 2 heterocycles. The minimum atomic E-state index is -1.20. The fourth-order valence-electron chi connectivity index (χ4n) is 2.01. The summed E-state index contributed by atoms with van der Waals surface area (Å²) in [4.78, 5) is 46.1. The van der Waals surface area contributed by atoms with Crippen molar-refractivity contribution < 1.29 is 14.7 Å². The van der Waals surface area contributed by atoms with E-state index in [4.69, 9.17) is 5.11 Å². The van der Waals surface area contributed by atoms with Gasteiger partial charge >= 0.3 is 17.3 Å². The summed E-state index contributed by atoms with van der Waals surface area (Å²) in [5, 5.41) is 8.97. The fourth-order valence-corrected chi connectivity index (χ4v) is 2.57. The zero-order valence-electron chi connectivity index (χ0n) is 10.7. The standard InChI is InChI=1S/C11H13N3O5S/c1-7(15)20-6-5-12-10(18)13-4-2-3-8(9(16)17)14(13)11(12)19/h2-3,8H,4-6H2,1H3,(H,16,17). The Hall–Kier alpha value is -2.03. The molecule has 8 nitrogen and oxygen atoms in total. The number of rotatable bonds is 4. The van der Waals surface area contributed by atoms with Gasteiger partial charge in [0.1, 0.15) is 0 Å². The molecule has 9 heteroatoms. The summed E-state index contributed by atoms with van der Waals surface area (Å²) in [6, 6.07) is -1.18. The monoisotopic (exact) mass is 299 g/mol. The highest BCUT2D eigenvalue weighted by atomic mass is 32.2. The number of hydrogen-bond acceptors (Lipinski definition) is 5. The molecule has 0 fully saturated rings. The molecule has 0 amide bonds. The molecule has 108 valence electrons. The number of allylic oxidation sites excluding steroid dienone is 1. The van der Waals surface area contributed by atoms with Gasteiger partial charge in [-0.05, 0) is 0 Å². The van der Waals surface area contributed by atoms with Gasteiger partial charge in [0.05, 0.1) is 6.54 Å². The molecule has 20 heavy (non-hydrogen) atoms. The maximum absolute atomic E-state index is 12.1. The van der Waals surface area contributed by atoms with Crippen LogP contribution < -0.4 is 11.4 Å². The molecule has 1 aliphatic rings. The minimum Gasteiger partial charge on any atom is -0.479 e. The van der Waals surface area contributed by atoms with Crippen molar-refractivity contribution >= 4 is 22.8 Å². The van der Waals surface area contributed by atoms with Crippen LogP contribution in [0.2, 0.25) is 0 Å². The molecule has 0 radical (unpaired) electrons. The number of fused-ring (bicyclic) bond motifs is 1. The first kappa shape index (κ1) is 14.4. The van der Waals surface area contributed by atoms with E-state index in [0.29, 0.717) is 5.75 Å². The number of nitrogens with zero attached hydrogens (tertiary/aromatic N) is 3. The van der Waals surface area contributed by atoms with E-state index in [1.54, 1.807) is 0 Å². The van der Waals surface area contributed by atoms with Gasteiger partial charge in [0, 0.05) is 19.2 Å². The Morgan fingerprint density at radius 2 is 2.10 bits per heavy atom. The van der Waals surface area contributed by atoms with Gasteiger partial charge in [-0.25, -0.2) is 28.3 Å². The van der Waals surface area contributed by atoms with Crippen molar-refractivity contribution in [1.82, 2.24) is 13.9 Å². The van der Waals surface area contributed by atoms with Crippen LogP contribution in [0.3, 0.4) is 0 Å². The number of thioether (sulfide) groups is 1. The van der Waals surface area contributed by atoms with Crippen molar-refractivity contribution in [2.45, 2.75) is 26.1 Å². The summed E-state index contributed by atoms with van der Waals surface area (Å²) in [5.74, 6) is -0.910. The second-order valence-electron chi connectivity index (χ2n) is 4.19. The molecule has 0 aliphatic carbocycles. The predicted molar refractivity (Wildman–Crippen MR) is 71.9 cm³/mol. The van der Waals surface area contributed by atoms with Crippen molar-refractivity contribution in [3.05, 3.63) is 33.1 Å². The molecule has 2 rings (SSSR count). The lowest BCUT2D eigenvalue weighted by Gasteiger charge is -2.16. The normalized spacial score (nSPS) is 16.9. The number of hydrogen-bond donors (Lipinski definition) is 1. The predicted octanol–water partition coefficient (Wildman–Crippen LogP) is -0.713. The third kappa shape index (κ3) is 2.48. The first-order valence-electron chi connectivity index (χ1n) is 5.88. The van der Waals surface area contributed by atoms with Crippen LogP contribution in [0.1, 0.15) is 13.0 Å². The lowest BCUT2D eigenvalue weighted by atomic mass is 10.2. The number of carboxylic acid groups (broad SMARTS) is 1. The molecule has 0 saturated heterocycles. The van der Waals surface area contributed by atoms with Crippen molar-refractivity contribution in [1.29, 1.82) is 0 Å². The largest absolute Gasteiger partial charge is 0.479 e. The molecule has 0 spiro atoms. The molecule has 1 atom stereocenters. The van der Waals surface area contributed by atoms with Gasteiger partial charge in [-0.2, -0.15) is 0 Å². The average molecular weight is 299 g/mol. The van der Waals surface area contributed by atoms with Crippen LogP contribution in [0.4, 0.5) is 0 Å². The molecule has 0 saturated carbocycles. The molecule has 1 aromatic heterocycles. The van der Waals surface area contributed by atoms with Gasteiger partial charge in [0.15, 0.2) is 11.2 Å². The Morgan fingerprint density at radius 1 is 1.40 bits per heavy atom. The quantitative estimate of drug-likeness (QED) is 0.736. The second-order valence-corrected chi connectivity index (χ2v) is 5.47. The molecule has 1 N–H and O–H groups in total. The van der Waals surface area contributed by atoms with Crippen LogP contribution in [0.15, 0.2) is 21.7 Å². The summed E-state index contributed by atoms with van der Waals surface area (Å²) in [6.45, 7) is 1.63. The third-order valence-corrected chi connectivity index (χ3v) is 3.67. The van der Waals surface area contributed by atoms with Crippen LogP contribution >= 0.6 is 11.8 Å². The summed E-state index contributed by atoms with van der Waals surface area (Å²) >= 11 is 1.01. The number of carbonyl (C=O) groups is 2. The molecule has 1 aromatic rings. The van der Waals surface area contributed by atoms with E-state index >= 15 is 0 Å². The lowest BCUT2D eigenvalue weighted by molar-refractivity contribution is -0.140. The van der Waals surface area contributed by atoms with Crippen molar-refractivity contribution in [3.8, 4) is 0 Å². The molecule has 1 unspecified atom stereocenters. The zero-order valence-corrected chi connectivity index (χ0v) is 11.5. The van der Waals surface area contributed by atoms with Gasteiger partial charge in [-0.3, -0.25) is 4.79 Å². The van der Waals surface area contributed by atoms with E-state index < -0.39 is 23.4 Å². The highest BCUT2D eigenvalue weighted by Crippen LogP contribution is 2.10. The van der Waals surface area contributed by atoms with E-state index in [1.165, 1.54) is 19.1 Å². The fraction of sp³-hybridized carbons (Fsp3) is 0.455. The lowest BCUT2D eigenvalue weighted by Crippen LogP contribution is -2.36. The summed E-state index contributed by atoms with van der Waals surface area (Å²) in [6.07, 6.45) is 2.91. The molecule has 1 aliphatic heterocycles. The number of carbonyl (C=O) groups excluding carboxylic acids is 1. The zero-order chi connectivity index (χ0) is 14.9. The smallest absolute Gasteiger partial charge is 0.348 e. The molecular formula is C11H13N3O5S. The topological polar surface area (TPSA) is 103 Å². The SMILES string of the molecule is CC(=O)SCCn1c(=O)n2n(c1=O)C(C(=O)O)C=CC2. The average Bonchev–Trinajstić information content (AvgIpc) is 2.63. The third-order valence-electron chi connectivity index (χ3n) is 2.87. The number of aliphatic carboxylic acids is 1. The van der Waals surface area contributed by atoms with E-state index in [-0.39, 0.29) is 18.2 Å². The minimum absolute atomic E-state index is 0.0707. The van der Waals surface area contributed by atoms with Crippen molar-refractivity contribution in [2.24, 2.45) is 0 Å². The maximum Gasteiger partial charge on any atom is 0.348 e. The van der Waals surface area contributed by atoms with Crippen LogP contribution in [0.25, 0.3) is 0 Å². The second kappa shape index (κ2) is 5.53. The van der Waals surface area contributed by atoms with Crippen LogP contribution in [-0.2, 0) is 22.7 Å². The van der Waals surface area contributed by atoms with E-state index in [2.05, 4.69) is 0 Å². The van der Waals surface area contributed by atoms with Gasteiger partial charge in [-0.15, -0.1) is 0 Å². The summed E-state index contributed by atoms with van der Waals surface area (Å²) in [7, 11) is 0. The Balaban J connectivity index is 2.38. The number of aromatic nitrogens is 3. The molecule has 0 bridgehead atoms.